The first-order valence-electron chi connectivity index (χ1n) is 6.64. The molecule has 1 amide bonds. The van der Waals surface area contributed by atoms with Gasteiger partial charge in [0.05, 0.1) is 12.0 Å². The van der Waals surface area contributed by atoms with E-state index >= 15 is 0 Å². The standard InChI is InChI=1S/C8H12O3S.C6H13NO2/c1-12(9,10)7-3-5-8-4-2-6-11-8;1-6(2,3)9-5(8)7-4/h2,4,6H,3,5,7H2,1H3;1-4H3,(H,7,8). The molecule has 6 nitrogen and oxygen atoms in total. The van der Waals surface area contributed by atoms with E-state index < -0.39 is 9.84 Å². The van der Waals surface area contributed by atoms with E-state index in [4.69, 9.17) is 9.15 Å². The van der Waals surface area contributed by atoms with Crippen LogP contribution in [0.2, 0.25) is 0 Å². The number of aryl methyl sites for hydroxylation is 1. The molecule has 7 heteroatoms. The highest BCUT2D eigenvalue weighted by atomic mass is 32.2. The van der Waals surface area contributed by atoms with Gasteiger partial charge in [0.1, 0.15) is 21.2 Å². The number of carbonyl (C=O) groups excluding carboxylic acids is 1. The SMILES string of the molecule is CNC(=O)OC(C)(C)C.CS(=O)(=O)CCCc1ccco1. The number of sulfone groups is 1. The smallest absolute Gasteiger partial charge is 0.407 e. The molecule has 1 heterocycles. The summed E-state index contributed by atoms with van der Waals surface area (Å²) in [5.74, 6) is 1.08. The van der Waals surface area contributed by atoms with Gasteiger partial charge in [0.25, 0.3) is 0 Å². The number of hydrogen-bond acceptors (Lipinski definition) is 5. The minimum Gasteiger partial charge on any atom is -0.469 e. The molecule has 1 aromatic heterocycles. The van der Waals surface area contributed by atoms with Gasteiger partial charge in [-0.1, -0.05) is 0 Å². The maximum Gasteiger partial charge on any atom is 0.407 e. The number of rotatable bonds is 4. The van der Waals surface area contributed by atoms with Gasteiger partial charge in [-0.05, 0) is 39.3 Å². The van der Waals surface area contributed by atoms with E-state index in [9.17, 15) is 13.2 Å². The molecule has 0 aromatic carbocycles. The van der Waals surface area contributed by atoms with Crippen LogP contribution in [0.4, 0.5) is 4.79 Å². The molecular formula is C14H25NO5S. The Morgan fingerprint density at radius 1 is 1.38 bits per heavy atom. The monoisotopic (exact) mass is 319 g/mol. The van der Waals surface area contributed by atoms with Crippen LogP contribution >= 0.6 is 0 Å². The molecule has 0 fully saturated rings. The third-order valence-electron chi connectivity index (χ3n) is 2.12. The second-order valence-electron chi connectivity index (χ2n) is 5.56. The molecule has 1 rings (SSSR count). The van der Waals surface area contributed by atoms with Crippen LogP contribution in [0.5, 0.6) is 0 Å². The second kappa shape index (κ2) is 8.71. The van der Waals surface area contributed by atoms with Crippen LogP contribution in [0.1, 0.15) is 33.0 Å². The normalized spacial score (nSPS) is 11.3. The van der Waals surface area contributed by atoms with Crippen LogP contribution in [0, 0.1) is 0 Å². The summed E-state index contributed by atoms with van der Waals surface area (Å²) in [5, 5.41) is 2.36. The predicted molar refractivity (Wildman–Crippen MR) is 82.0 cm³/mol. The van der Waals surface area contributed by atoms with Crippen molar-refractivity contribution in [3.05, 3.63) is 24.2 Å². The summed E-state index contributed by atoms with van der Waals surface area (Å²) in [6, 6.07) is 3.65. The molecule has 0 spiro atoms. The van der Waals surface area contributed by atoms with Gasteiger partial charge in [-0.25, -0.2) is 13.2 Å². The van der Waals surface area contributed by atoms with E-state index in [0.29, 0.717) is 12.8 Å². The van der Waals surface area contributed by atoms with Gasteiger partial charge >= 0.3 is 6.09 Å². The van der Waals surface area contributed by atoms with E-state index in [0.717, 1.165) is 5.76 Å². The van der Waals surface area contributed by atoms with E-state index in [1.807, 2.05) is 26.8 Å². The first-order chi connectivity index (χ1) is 9.53. The lowest BCUT2D eigenvalue weighted by Gasteiger charge is -2.18. The molecule has 0 atom stereocenters. The highest BCUT2D eigenvalue weighted by molar-refractivity contribution is 7.90. The summed E-state index contributed by atoms with van der Waals surface area (Å²) in [6.07, 6.45) is 3.78. The van der Waals surface area contributed by atoms with Crippen molar-refractivity contribution < 1.29 is 22.4 Å². The van der Waals surface area contributed by atoms with Crippen LogP contribution in [0.3, 0.4) is 0 Å². The Morgan fingerprint density at radius 3 is 2.33 bits per heavy atom. The Bertz CT molecular complexity index is 500. The number of hydrogen-bond donors (Lipinski definition) is 1. The third-order valence-corrected chi connectivity index (χ3v) is 3.15. The van der Waals surface area contributed by atoms with Crippen molar-refractivity contribution in [1.82, 2.24) is 5.32 Å². The average Bonchev–Trinajstić information content (AvgIpc) is 2.79. The molecule has 1 aromatic rings. The topological polar surface area (TPSA) is 85.6 Å². The van der Waals surface area contributed by atoms with E-state index in [-0.39, 0.29) is 17.4 Å². The fourth-order valence-electron chi connectivity index (χ4n) is 1.29. The first kappa shape index (κ1) is 19.5. The molecule has 0 aliphatic carbocycles. The van der Waals surface area contributed by atoms with Crippen molar-refractivity contribution in [2.45, 2.75) is 39.2 Å². The maximum absolute atomic E-state index is 10.7. The predicted octanol–water partition coefficient (Wildman–Crippen LogP) is 2.40. The van der Waals surface area contributed by atoms with Crippen molar-refractivity contribution in [2.75, 3.05) is 19.1 Å². The zero-order valence-electron chi connectivity index (χ0n) is 13.3. The number of furan rings is 1. The lowest BCUT2D eigenvalue weighted by molar-refractivity contribution is 0.0541. The van der Waals surface area contributed by atoms with Crippen LogP contribution in [0.25, 0.3) is 0 Å². The van der Waals surface area contributed by atoms with Gasteiger partial charge in [-0.2, -0.15) is 0 Å². The van der Waals surface area contributed by atoms with Gasteiger partial charge in [-0.3, -0.25) is 0 Å². The van der Waals surface area contributed by atoms with Gasteiger partial charge in [0.2, 0.25) is 0 Å². The van der Waals surface area contributed by atoms with E-state index in [1.54, 1.807) is 12.3 Å². The largest absolute Gasteiger partial charge is 0.469 e. The summed E-state index contributed by atoms with van der Waals surface area (Å²) >= 11 is 0. The van der Waals surface area contributed by atoms with Gasteiger partial charge in [-0.15, -0.1) is 0 Å². The molecule has 0 aliphatic rings. The fraction of sp³-hybridized carbons (Fsp3) is 0.643. The number of amides is 1. The zero-order valence-corrected chi connectivity index (χ0v) is 14.1. The minimum atomic E-state index is -2.82. The zero-order chi connectivity index (χ0) is 16.5. The van der Waals surface area contributed by atoms with Crippen LogP contribution in [-0.2, 0) is 21.0 Å². The van der Waals surface area contributed by atoms with Crippen molar-refractivity contribution in [3.8, 4) is 0 Å². The van der Waals surface area contributed by atoms with E-state index in [1.165, 1.54) is 13.3 Å². The van der Waals surface area contributed by atoms with Crippen molar-refractivity contribution >= 4 is 15.9 Å². The van der Waals surface area contributed by atoms with Gasteiger partial charge in [0, 0.05) is 19.7 Å². The van der Waals surface area contributed by atoms with E-state index in [2.05, 4.69) is 5.32 Å². The van der Waals surface area contributed by atoms with Crippen molar-refractivity contribution in [1.29, 1.82) is 0 Å². The Balaban J connectivity index is 0.000000400. The summed E-state index contributed by atoms with van der Waals surface area (Å²) < 4.78 is 31.3. The Kier molecular flexibility index (Phi) is 8.09. The van der Waals surface area contributed by atoms with Crippen LogP contribution < -0.4 is 5.32 Å². The molecule has 0 saturated heterocycles. The summed E-state index contributed by atoms with van der Waals surface area (Å²) in [5.41, 5.74) is -0.389. The number of carbonyl (C=O) groups is 1. The lowest BCUT2D eigenvalue weighted by atomic mass is 10.2. The van der Waals surface area contributed by atoms with Crippen molar-refractivity contribution in [2.24, 2.45) is 0 Å². The quantitative estimate of drug-likeness (QED) is 0.921. The highest BCUT2D eigenvalue weighted by Gasteiger charge is 2.13. The fourth-order valence-corrected chi connectivity index (χ4v) is 1.96. The summed E-state index contributed by atoms with van der Waals surface area (Å²) in [4.78, 5) is 10.5. The number of ether oxygens (including phenoxy) is 1. The molecule has 21 heavy (non-hydrogen) atoms. The van der Waals surface area contributed by atoms with Crippen LogP contribution in [-0.4, -0.2) is 39.2 Å². The molecule has 0 radical (unpaired) electrons. The lowest BCUT2D eigenvalue weighted by Crippen LogP contribution is -2.30. The second-order valence-corrected chi connectivity index (χ2v) is 7.82. The summed E-state index contributed by atoms with van der Waals surface area (Å²) in [7, 11) is -1.28. The Labute approximate surface area is 126 Å². The Morgan fingerprint density at radius 2 is 2.00 bits per heavy atom. The number of nitrogens with one attached hydrogen (secondary N) is 1. The van der Waals surface area contributed by atoms with Gasteiger partial charge < -0.3 is 14.5 Å². The third kappa shape index (κ3) is 13.2. The molecule has 1 N–H and O–H groups in total. The van der Waals surface area contributed by atoms with Gasteiger partial charge in [0.15, 0.2) is 0 Å². The van der Waals surface area contributed by atoms with Crippen LogP contribution in [0.15, 0.2) is 22.8 Å². The highest BCUT2D eigenvalue weighted by Crippen LogP contribution is 2.05. The number of alkyl carbamates (subject to hydrolysis) is 1. The van der Waals surface area contributed by atoms with Crippen molar-refractivity contribution in [3.63, 3.8) is 0 Å². The summed E-state index contributed by atoms with van der Waals surface area (Å²) in [6.45, 7) is 5.46. The maximum atomic E-state index is 10.7. The minimum absolute atomic E-state index is 0.230. The average molecular weight is 319 g/mol. The molecule has 0 saturated carbocycles. The Hall–Kier alpha value is -1.50. The molecule has 0 aliphatic heterocycles. The molecular weight excluding hydrogens is 294 g/mol. The molecule has 122 valence electrons. The molecule has 0 unspecified atom stereocenters. The first-order valence-corrected chi connectivity index (χ1v) is 8.70. The molecule has 0 bridgehead atoms.